The van der Waals surface area contributed by atoms with Crippen LogP contribution in [0.25, 0.3) is 22.6 Å². The maximum atomic E-state index is 13.4. The largest absolute Gasteiger partial charge is 0.491 e. The van der Waals surface area contributed by atoms with Gasteiger partial charge in [-0.15, -0.1) is 0 Å². The second kappa shape index (κ2) is 8.71. The third kappa shape index (κ3) is 4.57. The van der Waals surface area contributed by atoms with Gasteiger partial charge in [-0.05, 0) is 30.3 Å². The maximum absolute atomic E-state index is 13.4. The van der Waals surface area contributed by atoms with Crippen molar-refractivity contribution in [2.45, 2.75) is 6.18 Å². The minimum atomic E-state index is -4.69. The van der Waals surface area contributed by atoms with Gasteiger partial charge in [0, 0.05) is 18.7 Å². The molecule has 0 radical (unpaired) electrons. The minimum Gasteiger partial charge on any atom is -0.491 e. The molecule has 2 heterocycles. The number of methoxy groups -OCH3 is 1. The van der Waals surface area contributed by atoms with Crippen LogP contribution in [0.4, 0.5) is 19.0 Å². The monoisotopic (exact) mass is 445 g/mol. The molecule has 4 aromatic rings. The lowest BCUT2D eigenvalue weighted by molar-refractivity contribution is -0.139. The molecule has 3 N–H and O–H groups in total. The highest BCUT2D eigenvalue weighted by atomic mass is 19.4. The van der Waals surface area contributed by atoms with Crippen LogP contribution >= 0.6 is 0 Å². The third-order valence-corrected chi connectivity index (χ3v) is 4.56. The molecule has 11 heteroatoms. The zero-order valence-electron chi connectivity index (χ0n) is 16.8. The van der Waals surface area contributed by atoms with E-state index >= 15 is 0 Å². The average molecular weight is 445 g/mol. The summed E-state index contributed by atoms with van der Waals surface area (Å²) in [6.07, 6.45) is -4.69. The first-order chi connectivity index (χ1) is 15.3. The molecule has 0 atom stereocenters. The predicted molar refractivity (Wildman–Crippen MR) is 110 cm³/mol. The highest BCUT2D eigenvalue weighted by molar-refractivity contribution is 6.04. The van der Waals surface area contributed by atoms with E-state index in [4.69, 9.17) is 9.47 Å². The zero-order valence-corrected chi connectivity index (χ0v) is 16.8. The number of alkyl halides is 3. The van der Waals surface area contributed by atoms with Crippen LogP contribution in [0.1, 0.15) is 15.9 Å². The van der Waals surface area contributed by atoms with Gasteiger partial charge in [-0.1, -0.05) is 12.1 Å². The van der Waals surface area contributed by atoms with Gasteiger partial charge in [0.2, 0.25) is 0 Å². The van der Waals surface area contributed by atoms with E-state index in [-0.39, 0.29) is 30.3 Å². The van der Waals surface area contributed by atoms with Crippen LogP contribution < -0.4 is 10.1 Å². The molecule has 0 fully saturated rings. The van der Waals surface area contributed by atoms with Crippen LogP contribution in [0.2, 0.25) is 0 Å². The van der Waals surface area contributed by atoms with Crippen molar-refractivity contribution < 1.29 is 27.4 Å². The van der Waals surface area contributed by atoms with Crippen LogP contribution in [0.15, 0.2) is 48.5 Å². The van der Waals surface area contributed by atoms with Crippen molar-refractivity contribution in [3.05, 3.63) is 59.7 Å². The number of aromatic nitrogens is 4. The van der Waals surface area contributed by atoms with Crippen LogP contribution in [0.3, 0.4) is 0 Å². The van der Waals surface area contributed by atoms with Crippen LogP contribution in [0.5, 0.6) is 5.75 Å². The molecule has 0 saturated carbocycles. The van der Waals surface area contributed by atoms with E-state index in [0.29, 0.717) is 11.5 Å². The van der Waals surface area contributed by atoms with Crippen LogP contribution in [-0.4, -0.2) is 46.4 Å². The fourth-order valence-electron chi connectivity index (χ4n) is 3.03. The van der Waals surface area contributed by atoms with E-state index in [0.717, 1.165) is 23.2 Å². The molecule has 0 aliphatic heterocycles. The summed E-state index contributed by atoms with van der Waals surface area (Å²) in [6, 6.07) is 12.1. The Morgan fingerprint density at radius 2 is 1.94 bits per heavy atom. The number of ether oxygens (including phenoxy) is 2. The first-order valence-electron chi connectivity index (χ1n) is 9.50. The Morgan fingerprint density at radius 1 is 1.12 bits per heavy atom. The Labute approximate surface area is 179 Å². The Kier molecular flexibility index (Phi) is 5.82. The smallest absolute Gasteiger partial charge is 0.419 e. The van der Waals surface area contributed by atoms with E-state index in [1.54, 1.807) is 0 Å². The second-order valence-electron chi connectivity index (χ2n) is 6.77. The molecule has 0 aliphatic rings. The number of carbonyl (C=O) groups is 1. The summed E-state index contributed by atoms with van der Waals surface area (Å²) in [6.45, 7) is 0.0786. The number of aromatic amines is 2. The standard InChI is InChI=1S/C21H18F3N5O3/c1-31-8-9-32-17-7-6-12(10-13(17)21(22,23)24)20(30)27-18-11-16(28-29-18)19-25-14-4-2-3-5-15(14)26-19/h2-7,10-11H,8-9H2,1H3,(H,25,26)(H2,27,28,29,30). The summed E-state index contributed by atoms with van der Waals surface area (Å²) in [5.74, 6) is -0.477. The highest BCUT2D eigenvalue weighted by Crippen LogP contribution is 2.37. The Hall–Kier alpha value is -3.86. The minimum absolute atomic E-state index is 0.0526. The lowest BCUT2D eigenvalue weighted by Crippen LogP contribution is -2.16. The number of carbonyl (C=O) groups excluding carboxylic acids is 1. The SMILES string of the molecule is COCCOc1ccc(C(=O)Nc2cc(-c3nc4ccccc4[nH]3)[nH]n2)cc1C(F)(F)F. The summed E-state index contributed by atoms with van der Waals surface area (Å²) in [4.78, 5) is 20.1. The topological polar surface area (TPSA) is 105 Å². The zero-order chi connectivity index (χ0) is 22.7. The molecular weight excluding hydrogens is 427 g/mol. The van der Waals surface area contributed by atoms with Gasteiger partial charge < -0.3 is 19.8 Å². The molecular formula is C21H18F3N5O3. The fraction of sp³-hybridized carbons (Fsp3) is 0.190. The van der Waals surface area contributed by atoms with Gasteiger partial charge in [0.05, 0.1) is 23.2 Å². The van der Waals surface area contributed by atoms with Gasteiger partial charge in [0.25, 0.3) is 5.91 Å². The lowest BCUT2D eigenvalue weighted by Gasteiger charge is -2.15. The van der Waals surface area contributed by atoms with Gasteiger partial charge in [-0.3, -0.25) is 9.89 Å². The van der Waals surface area contributed by atoms with E-state index in [2.05, 4.69) is 25.5 Å². The summed E-state index contributed by atoms with van der Waals surface area (Å²) in [5, 5.41) is 9.21. The number of hydrogen-bond donors (Lipinski definition) is 3. The summed E-state index contributed by atoms with van der Waals surface area (Å²) >= 11 is 0. The van der Waals surface area contributed by atoms with E-state index < -0.39 is 17.6 Å². The summed E-state index contributed by atoms with van der Waals surface area (Å²) in [5.41, 5.74) is 0.857. The number of hydrogen-bond acceptors (Lipinski definition) is 5. The number of amides is 1. The number of nitrogens with one attached hydrogen (secondary N) is 3. The first-order valence-corrected chi connectivity index (χ1v) is 9.50. The Bertz CT molecular complexity index is 1220. The second-order valence-corrected chi connectivity index (χ2v) is 6.77. The molecule has 0 unspecified atom stereocenters. The molecule has 0 bridgehead atoms. The number of halogens is 3. The molecule has 4 rings (SSSR count). The van der Waals surface area contributed by atoms with E-state index in [1.165, 1.54) is 19.2 Å². The number of benzene rings is 2. The molecule has 1 amide bonds. The quantitative estimate of drug-likeness (QED) is 0.369. The molecule has 2 aromatic heterocycles. The van der Waals surface area contributed by atoms with Crippen LogP contribution in [0, 0.1) is 0 Å². The van der Waals surface area contributed by atoms with Gasteiger partial charge >= 0.3 is 6.18 Å². The lowest BCUT2D eigenvalue weighted by atomic mass is 10.1. The molecule has 0 aliphatic carbocycles. The van der Waals surface area contributed by atoms with Crippen molar-refractivity contribution >= 4 is 22.8 Å². The van der Waals surface area contributed by atoms with Gasteiger partial charge in [-0.25, -0.2) is 4.98 Å². The van der Waals surface area contributed by atoms with Gasteiger partial charge in [0.1, 0.15) is 18.1 Å². The maximum Gasteiger partial charge on any atom is 0.419 e. The van der Waals surface area contributed by atoms with Crippen molar-refractivity contribution in [3.63, 3.8) is 0 Å². The number of imidazole rings is 1. The van der Waals surface area contributed by atoms with E-state index in [1.807, 2.05) is 24.3 Å². The normalized spacial score (nSPS) is 11.6. The molecule has 2 aromatic carbocycles. The van der Waals surface area contributed by atoms with Crippen LogP contribution in [-0.2, 0) is 10.9 Å². The molecule has 8 nitrogen and oxygen atoms in total. The predicted octanol–water partition coefficient (Wildman–Crippen LogP) is 4.25. The van der Waals surface area contributed by atoms with Crippen molar-refractivity contribution in [2.75, 3.05) is 25.6 Å². The van der Waals surface area contributed by atoms with E-state index in [9.17, 15) is 18.0 Å². The molecule has 166 valence electrons. The van der Waals surface area contributed by atoms with Crippen molar-refractivity contribution in [3.8, 4) is 17.3 Å². The number of fused-ring (bicyclic) bond motifs is 1. The number of para-hydroxylation sites is 2. The van der Waals surface area contributed by atoms with Crippen molar-refractivity contribution in [1.29, 1.82) is 0 Å². The highest BCUT2D eigenvalue weighted by Gasteiger charge is 2.35. The van der Waals surface area contributed by atoms with Gasteiger partial charge in [0.15, 0.2) is 11.6 Å². The molecule has 0 saturated heterocycles. The number of anilines is 1. The Balaban J connectivity index is 1.52. The Morgan fingerprint density at radius 3 is 2.69 bits per heavy atom. The average Bonchev–Trinajstić information content (AvgIpc) is 3.40. The third-order valence-electron chi connectivity index (χ3n) is 4.56. The number of H-pyrrole nitrogens is 2. The number of rotatable bonds is 7. The first kappa shape index (κ1) is 21.4. The summed E-state index contributed by atoms with van der Waals surface area (Å²) in [7, 11) is 1.41. The van der Waals surface area contributed by atoms with Gasteiger partial charge in [-0.2, -0.15) is 18.3 Å². The number of nitrogens with zero attached hydrogens (tertiary/aromatic N) is 2. The van der Waals surface area contributed by atoms with Crippen molar-refractivity contribution in [2.24, 2.45) is 0 Å². The fourth-order valence-corrected chi connectivity index (χ4v) is 3.03. The molecule has 32 heavy (non-hydrogen) atoms. The van der Waals surface area contributed by atoms with Crippen molar-refractivity contribution in [1.82, 2.24) is 20.2 Å². The molecule has 0 spiro atoms. The summed E-state index contributed by atoms with van der Waals surface area (Å²) < 4.78 is 50.2.